The highest BCUT2D eigenvalue weighted by atomic mass is 127. The zero-order valence-corrected chi connectivity index (χ0v) is 12.8. The van der Waals surface area contributed by atoms with Gasteiger partial charge in [0.25, 0.3) is 0 Å². The molecule has 0 fully saturated rings. The maximum atomic E-state index is 13.1. The van der Waals surface area contributed by atoms with Gasteiger partial charge in [-0.1, -0.05) is 12.1 Å². The molecule has 1 N–H and O–H groups in total. The molecule has 2 aromatic carbocycles. The average Bonchev–Trinajstić information content (AvgIpc) is 2.46. The number of rotatable bonds is 3. The predicted octanol–water partition coefficient (Wildman–Crippen LogP) is 3.81. The topological polar surface area (TPSA) is 30.5 Å². The monoisotopic (exact) mass is 385 g/mol. The Morgan fingerprint density at radius 3 is 2.85 bits per heavy atom. The molecule has 20 heavy (non-hydrogen) atoms. The molecule has 0 radical (unpaired) electrons. The summed E-state index contributed by atoms with van der Waals surface area (Å²) >= 11 is 2.11. The van der Waals surface area contributed by atoms with Crippen molar-refractivity contribution in [2.24, 2.45) is 0 Å². The maximum absolute atomic E-state index is 13.1. The van der Waals surface area contributed by atoms with Crippen LogP contribution in [0.3, 0.4) is 0 Å². The summed E-state index contributed by atoms with van der Waals surface area (Å²) in [5.74, 6) is 1.35. The van der Waals surface area contributed by atoms with Crippen molar-refractivity contribution in [3.63, 3.8) is 0 Å². The highest BCUT2D eigenvalue weighted by Crippen LogP contribution is 2.34. The molecule has 3 nitrogen and oxygen atoms in total. The minimum Gasteiger partial charge on any atom is -0.486 e. The molecular formula is C15H13FINO2. The van der Waals surface area contributed by atoms with Crippen LogP contribution in [0.15, 0.2) is 36.4 Å². The summed E-state index contributed by atoms with van der Waals surface area (Å²) in [5, 5.41) is 3.30. The Hall–Kier alpha value is -1.50. The van der Waals surface area contributed by atoms with Gasteiger partial charge in [0, 0.05) is 21.4 Å². The van der Waals surface area contributed by atoms with Crippen LogP contribution >= 0.6 is 22.6 Å². The van der Waals surface area contributed by atoms with Crippen LogP contribution in [-0.2, 0) is 6.54 Å². The van der Waals surface area contributed by atoms with Gasteiger partial charge in [0.2, 0.25) is 0 Å². The lowest BCUT2D eigenvalue weighted by Crippen LogP contribution is -2.17. The minimum absolute atomic E-state index is 0.228. The number of halogens is 2. The third kappa shape index (κ3) is 2.82. The van der Waals surface area contributed by atoms with Crippen molar-refractivity contribution in [3.05, 3.63) is 51.3 Å². The molecule has 0 unspecified atom stereocenters. The molecule has 3 rings (SSSR count). The Morgan fingerprint density at radius 1 is 1.15 bits per heavy atom. The van der Waals surface area contributed by atoms with Crippen molar-refractivity contribution in [3.8, 4) is 11.5 Å². The highest BCUT2D eigenvalue weighted by Gasteiger charge is 2.15. The Labute approximate surface area is 130 Å². The van der Waals surface area contributed by atoms with Crippen molar-refractivity contribution < 1.29 is 13.9 Å². The van der Waals surface area contributed by atoms with Crippen molar-refractivity contribution in [1.82, 2.24) is 0 Å². The lowest BCUT2D eigenvalue weighted by molar-refractivity contribution is 0.170. The zero-order chi connectivity index (χ0) is 13.9. The van der Waals surface area contributed by atoms with Crippen LogP contribution in [0.5, 0.6) is 11.5 Å². The van der Waals surface area contributed by atoms with Gasteiger partial charge in [-0.05, 0) is 46.9 Å². The van der Waals surface area contributed by atoms with E-state index >= 15 is 0 Å². The first-order valence-electron chi connectivity index (χ1n) is 6.30. The second-order valence-corrected chi connectivity index (χ2v) is 5.58. The van der Waals surface area contributed by atoms with Gasteiger partial charge >= 0.3 is 0 Å². The largest absolute Gasteiger partial charge is 0.486 e. The van der Waals surface area contributed by atoms with Gasteiger partial charge in [0.05, 0.1) is 0 Å². The SMILES string of the molecule is Fc1ccc(NCc2cccc3c2OCCO3)c(I)c1. The first-order valence-corrected chi connectivity index (χ1v) is 7.38. The van der Waals surface area contributed by atoms with E-state index in [9.17, 15) is 4.39 Å². The molecule has 0 spiro atoms. The quantitative estimate of drug-likeness (QED) is 0.816. The molecule has 1 aliphatic rings. The van der Waals surface area contributed by atoms with Crippen LogP contribution in [0.2, 0.25) is 0 Å². The average molecular weight is 385 g/mol. The van der Waals surface area contributed by atoms with E-state index in [1.54, 1.807) is 6.07 Å². The number of hydrogen-bond donors (Lipinski definition) is 1. The Balaban J connectivity index is 1.78. The van der Waals surface area contributed by atoms with Gasteiger partial charge in [0.15, 0.2) is 11.5 Å². The molecular weight excluding hydrogens is 372 g/mol. The standard InChI is InChI=1S/C15H13FINO2/c16-11-4-5-13(12(17)8-11)18-9-10-2-1-3-14-15(10)20-7-6-19-14/h1-5,8,18H,6-7,9H2. The summed E-state index contributed by atoms with van der Waals surface area (Å²) in [5.41, 5.74) is 1.93. The van der Waals surface area contributed by atoms with E-state index in [-0.39, 0.29) is 5.82 Å². The molecule has 1 aliphatic heterocycles. The number of anilines is 1. The van der Waals surface area contributed by atoms with Crippen LogP contribution in [0.25, 0.3) is 0 Å². The van der Waals surface area contributed by atoms with E-state index in [1.165, 1.54) is 12.1 Å². The molecule has 0 saturated carbocycles. The van der Waals surface area contributed by atoms with E-state index in [4.69, 9.17) is 9.47 Å². The number of nitrogens with one attached hydrogen (secondary N) is 1. The lowest BCUT2D eigenvalue weighted by Gasteiger charge is -2.21. The fourth-order valence-corrected chi connectivity index (χ4v) is 2.76. The fourth-order valence-electron chi connectivity index (χ4n) is 2.10. The van der Waals surface area contributed by atoms with Crippen LogP contribution < -0.4 is 14.8 Å². The summed E-state index contributed by atoms with van der Waals surface area (Å²) in [6.45, 7) is 1.76. The molecule has 0 aromatic heterocycles. The number of benzene rings is 2. The third-order valence-electron chi connectivity index (χ3n) is 3.05. The van der Waals surface area contributed by atoms with Crippen LogP contribution in [0, 0.1) is 9.39 Å². The molecule has 104 valence electrons. The molecule has 2 aromatic rings. The first kappa shape index (κ1) is 13.5. The number of hydrogen-bond acceptors (Lipinski definition) is 3. The lowest BCUT2D eigenvalue weighted by atomic mass is 10.1. The van der Waals surface area contributed by atoms with Crippen molar-refractivity contribution in [1.29, 1.82) is 0 Å². The molecule has 0 aliphatic carbocycles. The van der Waals surface area contributed by atoms with Crippen LogP contribution in [0.4, 0.5) is 10.1 Å². The van der Waals surface area contributed by atoms with Gasteiger partial charge in [-0.15, -0.1) is 0 Å². The van der Waals surface area contributed by atoms with Crippen molar-refractivity contribution in [2.45, 2.75) is 6.54 Å². The van der Waals surface area contributed by atoms with Gasteiger partial charge in [-0.3, -0.25) is 0 Å². The van der Waals surface area contributed by atoms with Gasteiger partial charge < -0.3 is 14.8 Å². The molecule has 0 amide bonds. The molecule has 0 saturated heterocycles. The summed E-state index contributed by atoms with van der Waals surface area (Å²) in [6.07, 6.45) is 0. The number of ether oxygens (including phenoxy) is 2. The van der Waals surface area contributed by atoms with Crippen LogP contribution in [-0.4, -0.2) is 13.2 Å². The Bertz CT molecular complexity index is 633. The molecule has 0 atom stereocenters. The van der Waals surface area contributed by atoms with E-state index in [2.05, 4.69) is 27.9 Å². The normalized spacial score (nSPS) is 13.1. The van der Waals surface area contributed by atoms with Crippen LogP contribution in [0.1, 0.15) is 5.56 Å². The second-order valence-electron chi connectivity index (χ2n) is 4.42. The first-order chi connectivity index (χ1) is 9.74. The minimum atomic E-state index is -0.228. The number of para-hydroxylation sites is 1. The summed E-state index contributed by atoms with van der Waals surface area (Å²) in [7, 11) is 0. The van der Waals surface area contributed by atoms with E-state index in [0.717, 1.165) is 26.3 Å². The Morgan fingerprint density at radius 2 is 2.00 bits per heavy atom. The van der Waals surface area contributed by atoms with Gasteiger partial charge in [-0.25, -0.2) is 4.39 Å². The van der Waals surface area contributed by atoms with Gasteiger partial charge in [0.1, 0.15) is 19.0 Å². The fraction of sp³-hybridized carbons (Fsp3) is 0.200. The smallest absolute Gasteiger partial charge is 0.166 e. The zero-order valence-electron chi connectivity index (χ0n) is 10.7. The maximum Gasteiger partial charge on any atom is 0.166 e. The Kier molecular flexibility index (Phi) is 3.95. The van der Waals surface area contributed by atoms with Crippen molar-refractivity contribution in [2.75, 3.05) is 18.5 Å². The predicted molar refractivity (Wildman–Crippen MR) is 83.9 cm³/mol. The summed E-state index contributed by atoms with van der Waals surface area (Å²) in [4.78, 5) is 0. The van der Waals surface area contributed by atoms with E-state index in [0.29, 0.717) is 19.8 Å². The summed E-state index contributed by atoms with van der Waals surface area (Å²) < 4.78 is 25.1. The molecule has 1 heterocycles. The number of fused-ring (bicyclic) bond motifs is 1. The van der Waals surface area contributed by atoms with Crippen molar-refractivity contribution >= 4 is 28.3 Å². The van der Waals surface area contributed by atoms with E-state index in [1.807, 2.05) is 18.2 Å². The van der Waals surface area contributed by atoms with E-state index < -0.39 is 0 Å². The molecule has 5 heteroatoms. The summed E-state index contributed by atoms with van der Waals surface area (Å²) in [6, 6.07) is 10.5. The third-order valence-corrected chi connectivity index (χ3v) is 3.94. The molecule has 0 bridgehead atoms. The van der Waals surface area contributed by atoms with Gasteiger partial charge in [-0.2, -0.15) is 0 Å². The second kappa shape index (κ2) is 5.87. The highest BCUT2D eigenvalue weighted by molar-refractivity contribution is 14.1.